The molecule has 3 atom stereocenters. The summed E-state index contributed by atoms with van der Waals surface area (Å²) >= 11 is 0. The second-order valence-corrected chi connectivity index (χ2v) is 11.2. The van der Waals surface area contributed by atoms with Crippen LogP contribution >= 0.6 is 0 Å². The summed E-state index contributed by atoms with van der Waals surface area (Å²) in [6, 6.07) is 27.6. The number of likely N-dealkylation sites (tertiary alicyclic amines) is 1. The van der Waals surface area contributed by atoms with Crippen molar-refractivity contribution in [2.24, 2.45) is 5.92 Å². The molecule has 45 heavy (non-hydrogen) atoms. The minimum Gasteiger partial charge on any atom is -0.496 e. The largest absolute Gasteiger partial charge is 0.496 e. The molecule has 0 unspecified atom stereocenters. The number of carboxylic acid groups (broad SMARTS) is 1. The maximum atomic E-state index is 12.0. The smallest absolute Gasteiger partial charge is 0.407 e. The molecular weight excluding hydrogens is 574 g/mol. The Hall–Kier alpha value is -4.31. The minimum atomic E-state index is -1.02. The van der Waals surface area contributed by atoms with Gasteiger partial charge in [-0.3, -0.25) is 0 Å². The Morgan fingerprint density at radius 3 is 2.38 bits per heavy atom. The number of rotatable bonds is 14. The van der Waals surface area contributed by atoms with Gasteiger partial charge in [0.25, 0.3) is 0 Å². The van der Waals surface area contributed by atoms with Gasteiger partial charge in [-0.1, -0.05) is 54.6 Å². The second kappa shape index (κ2) is 15.6. The molecule has 5 rings (SSSR count). The van der Waals surface area contributed by atoms with E-state index in [1.807, 2.05) is 78.9 Å². The molecule has 0 saturated carbocycles. The van der Waals surface area contributed by atoms with E-state index in [2.05, 4.69) is 6.07 Å². The lowest BCUT2D eigenvalue weighted by atomic mass is 9.79. The Labute approximate surface area is 263 Å². The molecule has 0 radical (unpaired) electrons. The summed E-state index contributed by atoms with van der Waals surface area (Å²) in [6.07, 6.45) is -0.757. The van der Waals surface area contributed by atoms with Crippen molar-refractivity contribution in [3.8, 4) is 17.2 Å². The van der Waals surface area contributed by atoms with E-state index in [0.29, 0.717) is 19.8 Å². The number of fused-ring (bicyclic) bond motifs is 1. The average Bonchev–Trinajstić information content (AvgIpc) is 3.08. The number of amides is 1. The van der Waals surface area contributed by atoms with Gasteiger partial charge in [-0.2, -0.15) is 0 Å². The first-order valence-corrected chi connectivity index (χ1v) is 15.2. The van der Waals surface area contributed by atoms with Crippen molar-refractivity contribution < 1.29 is 38.7 Å². The van der Waals surface area contributed by atoms with Gasteiger partial charge in [0, 0.05) is 42.4 Å². The first kappa shape index (κ1) is 32.1. The molecule has 1 heterocycles. The zero-order chi connectivity index (χ0) is 31.6. The van der Waals surface area contributed by atoms with Crippen molar-refractivity contribution in [3.63, 3.8) is 0 Å². The first-order valence-electron chi connectivity index (χ1n) is 15.2. The number of carbonyl (C=O) groups is 1. The average molecular weight is 616 g/mol. The van der Waals surface area contributed by atoms with Gasteiger partial charge in [-0.25, -0.2) is 4.79 Å². The van der Waals surface area contributed by atoms with Gasteiger partial charge in [-0.15, -0.1) is 0 Å². The maximum absolute atomic E-state index is 12.0. The predicted octanol–water partition coefficient (Wildman–Crippen LogP) is 6.11. The molecular formula is C36H41NO8. The van der Waals surface area contributed by atoms with E-state index in [9.17, 15) is 15.0 Å². The molecule has 1 aliphatic rings. The van der Waals surface area contributed by atoms with E-state index >= 15 is 0 Å². The van der Waals surface area contributed by atoms with Crippen molar-refractivity contribution in [1.82, 2.24) is 4.90 Å². The van der Waals surface area contributed by atoms with Crippen LogP contribution in [0.25, 0.3) is 10.8 Å². The zero-order valence-corrected chi connectivity index (χ0v) is 25.8. The van der Waals surface area contributed by atoms with Gasteiger partial charge in [0.05, 0.1) is 53.3 Å². The Kier molecular flexibility index (Phi) is 11.1. The molecule has 238 valence electrons. The number of benzene rings is 4. The quantitative estimate of drug-likeness (QED) is 0.164. The fourth-order valence-electron chi connectivity index (χ4n) is 6.01. The highest BCUT2D eigenvalue weighted by Gasteiger charge is 2.40. The van der Waals surface area contributed by atoms with E-state index in [1.165, 1.54) is 4.90 Å². The molecule has 0 aromatic heterocycles. The number of hydrogen-bond acceptors (Lipinski definition) is 7. The molecule has 1 aliphatic heterocycles. The lowest BCUT2D eigenvalue weighted by Crippen LogP contribution is -2.51. The van der Waals surface area contributed by atoms with Crippen LogP contribution in [-0.2, 0) is 22.7 Å². The summed E-state index contributed by atoms with van der Waals surface area (Å²) in [4.78, 5) is 13.3. The lowest BCUT2D eigenvalue weighted by Gasteiger charge is -2.42. The zero-order valence-electron chi connectivity index (χ0n) is 25.8. The first-order chi connectivity index (χ1) is 22.0. The summed E-state index contributed by atoms with van der Waals surface area (Å²) < 4.78 is 29.2. The molecule has 0 bridgehead atoms. The van der Waals surface area contributed by atoms with Crippen LogP contribution in [0.1, 0.15) is 29.0 Å². The summed E-state index contributed by atoms with van der Waals surface area (Å²) in [5, 5.41) is 22.2. The minimum absolute atomic E-state index is 0.161. The Balaban J connectivity index is 1.21. The molecule has 1 fully saturated rings. The number of hydrogen-bond donors (Lipinski definition) is 2. The molecule has 9 heteroatoms. The number of para-hydroxylation sites is 1. The SMILES string of the molecule is COc1ccccc1COCCCOc1ccc([C@H]2[C@H](CO)CN(C(=O)O)C[C@@H]2OCc2cc(OC)c3ccccc3c2)cc1. The topological polar surface area (TPSA) is 107 Å². The van der Waals surface area contributed by atoms with E-state index in [4.69, 9.17) is 23.7 Å². The Morgan fingerprint density at radius 2 is 1.62 bits per heavy atom. The van der Waals surface area contributed by atoms with Crippen molar-refractivity contribution in [2.45, 2.75) is 31.7 Å². The van der Waals surface area contributed by atoms with Crippen LogP contribution in [0.15, 0.2) is 84.9 Å². The highest BCUT2D eigenvalue weighted by Crippen LogP contribution is 2.37. The number of aliphatic hydroxyl groups is 1. The Morgan fingerprint density at radius 1 is 0.867 bits per heavy atom. The summed E-state index contributed by atoms with van der Waals surface area (Å²) in [5.74, 6) is 1.77. The fourth-order valence-corrected chi connectivity index (χ4v) is 6.01. The van der Waals surface area contributed by atoms with Crippen LogP contribution in [0, 0.1) is 5.92 Å². The number of nitrogens with zero attached hydrogens (tertiary/aromatic N) is 1. The molecule has 2 N–H and O–H groups in total. The summed E-state index contributed by atoms with van der Waals surface area (Å²) in [5.41, 5.74) is 2.90. The monoisotopic (exact) mass is 615 g/mol. The molecule has 4 aromatic rings. The van der Waals surface area contributed by atoms with Crippen molar-refractivity contribution in [1.29, 1.82) is 0 Å². The number of aliphatic hydroxyl groups excluding tert-OH is 1. The van der Waals surface area contributed by atoms with Gasteiger partial charge in [0.1, 0.15) is 17.2 Å². The molecule has 4 aromatic carbocycles. The number of ether oxygens (including phenoxy) is 5. The van der Waals surface area contributed by atoms with E-state index < -0.39 is 12.2 Å². The van der Waals surface area contributed by atoms with Gasteiger partial charge in [0.15, 0.2) is 0 Å². The second-order valence-electron chi connectivity index (χ2n) is 11.2. The standard InChI is InChI=1S/C36H41NO8/c1-41-32-11-6-4-9-28(32)24-43-16-7-17-44-30-14-12-26(13-15-30)35-29(22-38)20-37(36(39)40)21-34(35)45-23-25-18-27-8-3-5-10-31(27)33(19-25)42-2/h3-6,8-15,18-19,29,34-35,38H,7,16-17,20-24H2,1-2H3,(H,39,40)/t29-,34-,35-/m0/s1. The lowest BCUT2D eigenvalue weighted by molar-refractivity contribution is -0.0483. The molecule has 9 nitrogen and oxygen atoms in total. The van der Waals surface area contributed by atoms with Crippen LogP contribution in [0.2, 0.25) is 0 Å². The van der Waals surface area contributed by atoms with E-state index in [1.54, 1.807) is 14.2 Å². The molecule has 0 aliphatic carbocycles. The normalized spacial score (nSPS) is 18.1. The van der Waals surface area contributed by atoms with Crippen molar-refractivity contribution in [3.05, 3.63) is 102 Å². The number of methoxy groups -OCH3 is 2. The predicted molar refractivity (Wildman–Crippen MR) is 171 cm³/mol. The Bertz CT molecular complexity index is 1540. The van der Waals surface area contributed by atoms with E-state index in [-0.39, 0.29) is 38.1 Å². The van der Waals surface area contributed by atoms with Crippen LogP contribution in [-0.4, -0.2) is 74.4 Å². The molecule has 1 amide bonds. The third kappa shape index (κ3) is 8.05. The molecule has 1 saturated heterocycles. The maximum Gasteiger partial charge on any atom is 0.407 e. The van der Waals surface area contributed by atoms with Gasteiger partial charge in [0.2, 0.25) is 0 Å². The van der Waals surface area contributed by atoms with Crippen LogP contribution in [0.5, 0.6) is 17.2 Å². The third-order valence-corrected chi connectivity index (χ3v) is 8.25. The summed E-state index contributed by atoms with van der Waals surface area (Å²) in [7, 11) is 3.29. The van der Waals surface area contributed by atoms with Gasteiger partial charge in [-0.05, 0) is 46.8 Å². The van der Waals surface area contributed by atoms with Crippen LogP contribution in [0.4, 0.5) is 4.79 Å². The summed E-state index contributed by atoms with van der Waals surface area (Å²) in [6.45, 7) is 2.07. The van der Waals surface area contributed by atoms with Crippen molar-refractivity contribution >= 4 is 16.9 Å². The van der Waals surface area contributed by atoms with Crippen LogP contribution < -0.4 is 14.2 Å². The van der Waals surface area contributed by atoms with Crippen LogP contribution in [0.3, 0.4) is 0 Å². The van der Waals surface area contributed by atoms with Crippen molar-refractivity contribution in [2.75, 3.05) is 47.1 Å². The van der Waals surface area contributed by atoms with Gasteiger partial charge >= 0.3 is 6.09 Å². The third-order valence-electron chi connectivity index (χ3n) is 8.25. The fraction of sp³-hybridized carbons (Fsp3) is 0.361. The molecule has 0 spiro atoms. The van der Waals surface area contributed by atoms with Gasteiger partial charge < -0.3 is 38.8 Å². The highest BCUT2D eigenvalue weighted by atomic mass is 16.5. The highest BCUT2D eigenvalue weighted by molar-refractivity contribution is 5.89. The number of piperidine rings is 1. The van der Waals surface area contributed by atoms with E-state index in [0.717, 1.165) is 51.1 Å².